The Hall–Kier alpha value is -2.41. The Morgan fingerprint density at radius 2 is 2.09 bits per heavy atom. The normalized spacial score (nSPS) is 18.3. The average molecular weight is 320 g/mol. The van der Waals surface area contributed by atoms with Crippen molar-refractivity contribution in [3.63, 3.8) is 0 Å². The SMILES string of the molecule is O=C(O)N[C@@H](C[C@@H]1CCNC1=O)C(=O)COCc1ccccc1. The molecule has 0 aromatic heterocycles. The largest absolute Gasteiger partial charge is 0.465 e. The van der Waals surface area contributed by atoms with Crippen molar-refractivity contribution in [3.05, 3.63) is 35.9 Å². The fraction of sp³-hybridized carbons (Fsp3) is 0.438. The van der Waals surface area contributed by atoms with Gasteiger partial charge in [0.1, 0.15) is 6.61 Å². The summed E-state index contributed by atoms with van der Waals surface area (Å²) in [7, 11) is 0. The van der Waals surface area contributed by atoms with Crippen molar-refractivity contribution in [3.8, 4) is 0 Å². The van der Waals surface area contributed by atoms with Gasteiger partial charge in [0.25, 0.3) is 0 Å². The first-order chi connectivity index (χ1) is 11.1. The summed E-state index contributed by atoms with van der Waals surface area (Å²) in [6.45, 7) is 0.631. The average Bonchev–Trinajstić information content (AvgIpc) is 2.92. The van der Waals surface area contributed by atoms with Gasteiger partial charge in [0.2, 0.25) is 5.91 Å². The zero-order chi connectivity index (χ0) is 16.7. The quantitative estimate of drug-likeness (QED) is 0.661. The minimum Gasteiger partial charge on any atom is -0.465 e. The number of carbonyl (C=O) groups excluding carboxylic acids is 2. The molecule has 1 aromatic rings. The van der Waals surface area contributed by atoms with E-state index in [9.17, 15) is 14.4 Å². The zero-order valence-corrected chi connectivity index (χ0v) is 12.7. The number of amides is 2. The Bertz CT molecular complexity index is 561. The lowest BCUT2D eigenvalue weighted by molar-refractivity contribution is -0.127. The van der Waals surface area contributed by atoms with E-state index < -0.39 is 12.1 Å². The Morgan fingerprint density at radius 3 is 2.70 bits per heavy atom. The van der Waals surface area contributed by atoms with Gasteiger partial charge in [0.05, 0.1) is 12.6 Å². The predicted octanol–water partition coefficient (Wildman–Crippen LogP) is 0.935. The van der Waals surface area contributed by atoms with Crippen molar-refractivity contribution in [2.45, 2.75) is 25.5 Å². The number of carboxylic acid groups (broad SMARTS) is 1. The second kappa shape index (κ2) is 8.28. The van der Waals surface area contributed by atoms with Gasteiger partial charge in [0.15, 0.2) is 5.78 Å². The molecule has 1 fully saturated rings. The van der Waals surface area contributed by atoms with Gasteiger partial charge in [-0.25, -0.2) is 4.79 Å². The van der Waals surface area contributed by atoms with Gasteiger partial charge in [-0.05, 0) is 18.4 Å². The number of ether oxygens (including phenoxy) is 1. The van der Waals surface area contributed by atoms with Gasteiger partial charge < -0.3 is 20.5 Å². The molecule has 2 amide bonds. The molecule has 1 heterocycles. The summed E-state index contributed by atoms with van der Waals surface area (Å²) >= 11 is 0. The standard InChI is InChI=1S/C16H20N2O5/c19-14(10-23-9-11-4-2-1-3-5-11)13(18-16(21)22)8-12-6-7-17-15(12)20/h1-5,12-13,18H,6-10H2,(H,17,20)(H,21,22)/t12-,13-/m0/s1. The van der Waals surface area contributed by atoms with E-state index in [2.05, 4.69) is 10.6 Å². The van der Waals surface area contributed by atoms with Crippen LogP contribution in [-0.4, -0.2) is 42.1 Å². The van der Waals surface area contributed by atoms with Crippen molar-refractivity contribution in [1.29, 1.82) is 0 Å². The van der Waals surface area contributed by atoms with Crippen LogP contribution < -0.4 is 10.6 Å². The predicted molar refractivity (Wildman–Crippen MR) is 81.8 cm³/mol. The van der Waals surface area contributed by atoms with E-state index in [-0.39, 0.29) is 37.2 Å². The molecular formula is C16H20N2O5. The number of nitrogens with one attached hydrogen (secondary N) is 2. The second-order valence-electron chi connectivity index (χ2n) is 5.46. The Kier molecular flexibility index (Phi) is 6.10. The molecule has 0 saturated carbocycles. The highest BCUT2D eigenvalue weighted by molar-refractivity contribution is 5.89. The van der Waals surface area contributed by atoms with E-state index >= 15 is 0 Å². The Balaban J connectivity index is 1.85. The lowest BCUT2D eigenvalue weighted by Gasteiger charge is -2.18. The fourth-order valence-corrected chi connectivity index (χ4v) is 2.52. The first-order valence-electron chi connectivity index (χ1n) is 7.48. The molecule has 1 aromatic carbocycles. The van der Waals surface area contributed by atoms with E-state index in [0.29, 0.717) is 13.0 Å². The minimum atomic E-state index is -1.29. The van der Waals surface area contributed by atoms with E-state index in [0.717, 1.165) is 5.56 Å². The summed E-state index contributed by atoms with van der Waals surface area (Å²) in [5.74, 6) is -0.854. The van der Waals surface area contributed by atoms with Gasteiger partial charge in [-0.2, -0.15) is 0 Å². The first kappa shape index (κ1) is 17.0. The molecule has 0 bridgehead atoms. The molecule has 0 unspecified atom stereocenters. The van der Waals surface area contributed by atoms with Crippen LogP contribution in [0.2, 0.25) is 0 Å². The molecule has 0 radical (unpaired) electrons. The van der Waals surface area contributed by atoms with Crippen molar-refractivity contribution in [2.24, 2.45) is 5.92 Å². The van der Waals surface area contributed by atoms with Gasteiger partial charge in [0, 0.05) is 12.5 Å². The monoisotopic (exact) mass is 320 g/mol. The highest BCUT2D eigenvalue weighted by atomic mass is 16.5. The lowest BCUT2D eigenvalue weighted by atomic mass is 9.96. The summed E-state index contributed by atoms with van der Waals surface area (Å²) in [6, 6.07) is 8.44. The molecular weight excluding hydrogens is 300 g/mol. The maximum Gasteiger partial charge on any atom is 0.405 e. The van der Waals surface area contributed by atoms with Crippen molar-refractivity contribution in [2.75, 3.05) is 13.2 Å². The molecule has 7 heteroatoms. The molecule has 0 aliphatic carbocycles. The molecule has 2 rings (SSSR count). The number of hydrogen-bond acceptors (Lipinski definition) is 4. The molecule has 7 nitrogen and oxygen atoms in total. The van der Waals surface area contributed by atoms with Crippen LogP contribution in [0.15, 0.2) is 30.3 Å². The van der Waals surface area contributed by atoms with Crippen molar-refractivity contribution < 1.29 is 24.2 Å². The van der Waals surface area contributed by atoms with Crippen LogP contribution >= 0.6 is 0 Å². The fourth-order valence-electron chi connectivity index (χ4n) is 2.52. The summed E-state index contributed by atoms with van der Waals surface area (Å²) in [5, 5.41) is 13.7. The molecule has 23 heavy (non-hydrogen) atoms. The van der Waals surface area contributed by atoms with Crippen molar-refractivity contribution in [1.82, 2.24) is 10.6 Å². The maximum atomic E-state index is 12.2. The minimum absolute atomic E-state index is 0.139. The van der Waals surface area contributed by atoms with Gasteiger partial charge in [-0.15, -0.1) is 0 Å². The van der Waals surface area contributed by atoms with Gasteiger partial charge in [-0.1, -0.05) is 30.3 Å². The molecule has 1 saturated heterocycles. The highest BCUT2D eigenvalue weighted by Crippen LogP contribution is 2.17. The number of rotatable bonds is 8. The van der Waals surface area contributed by atoms with E-state index in [4.69, 9.17) is 9.84 Å². The summed E-state index contributed by atoms with van der Waals surface area (Å²) in [4.78, 5) is 34.6. The van der Waals surface area contributed by atoms with Crippen LogP contribution in [0, 0.1) is 5.92 Å². The number of ketones is 1. The topological polar surface area (TPSA) is 105 Å². The van der Waals surface area contributed by atoms with Crippen LogP contribution in [0.25, 0.3) is 0 Å². The number of carbonyl (C=O) groups is 3. The van der Waals surface area contributed by atoms with Gasteiger partial charge >= 0.3 is 6.09 Å². The molecule has 1 aliphatic heterocycles. The van der Waals surface area contributed by atoms with Crippen molar-refractivity contribution >= 4 is 17.8 Å². The third-order valence-electron chi connectivity index (χ3n) is 3.73. The van der Waals surface area contributed by atoms with Crippen LogP contribution in [0.5, 0.6) is 0 Å². The molecule has 2 atom stereocenters. The van der Waals surface area contributed by atoms with E-state index in [1.807, 2.05) is 30.3 Å². The molecule has 3 N–H and O–H groups in total. The lowest BCUT2D eigenvalue weighted by Crippen LogP contribution is -2.43. The maximum absolute atomic E-state index is 12.2. The summed E-state index contributed by atoms with van der Waals surface area (Å²) < 4.78 is 5.35. The third-order valence-corrected chi connectivity index (χ3v) is 3.73. The van der Waals surface area contributed by atoms with Crippen LogP contribution in [0.3, 0.4) is 0 Å². The van der Waals surface area contributed by atoms with Crippen LogP contribution in [0.1, 0.15) is 18.4 Å². The van der Waals surface area contributed by atoms with E-state index in [1.165, 1.54) is 0 Å². The Morgan fingerprint density at radius 1 is 1.35 bits per heavy atom. The number of hydrogen-bond donors (Lipinski definition) is 3. The highest BCUT2D eigenvalue weighted by Gasteiger charge is 2.31. The second-order valence-corrected chi connectivity index (χ2v) is 5.46. The zero-order valence-electron chi connectivity index (χ0n) is 12.7. The summed E-state index contributed by atoms with van der Waals surface area (Å²) in [6.07, 6.45) is -0.523. The first-order valence-corrected chi connectivity index (χ1v) is 7.48. The van der Waals surface area contributed by atoms with Crippen LogP contribution in [0.4, 0.5) is 4.79 Å². The van der Waals surface area contributed by atoms with Gasteiger partial charge in [-0.3, -0.25) is 9.59 Å². The number of Topliss-reactive ketones (excluding diaryl/α,β-unsaturated/α-hetero) is 1. The molecule has 0 spiro atoms. The smallest absolute Gasteiger partial charge is 0.405 e. The number of benzene rings is 1. The third kappa shape index (κ3) is 5.37. The van der Waals surface area contributed by atoms with E-state index in [1.54, 1.807) is 0 Å². The molecule has 1 aliphatic rings. The Labute approximate surface area is 134 Å². The van der Waals surface area contributed by atoms with Crippen LogP contribution in [-0.2, 0) is 20.9 Å². The molecule has 124 valence electrons. The summed E-state index contributed by atoms with van der Waals surface area (Å²) in [5.41, 5.74) is 0.929.